The summed E-state index contributed by atoms with van der Waals surface area (Å²) in [5.41, 5.74) is 5.52. The fraction of sp³-hybridized carbons (Fsp3) is 0.875. The number of sulfone groups is 1. The van der Waals surface area contributed by atoms with Gasteiger partial charge in [-0.25, -0.2) is 13.2 Å². The van der Waals surface area contributed by atoms with Gasteiger partial charge in [0, 0.05) is 39.0 Å². The van der Waals surface area contributed by atoms with Gasteiger partial charge in [0.15, 0.2) is 9.84 Å². The lowest BCUT2D eigenvalue weighted by molar-refractivity contribution is 0.105. The summed E-state index contributed by atoms with van der Waals surface area (Å²) in [6, 6.07) is 0. The highest BCUT2D eigenvalue weighted by atomic mass is 32.2. The molecule has 3 N–H and O–H groups in total. The zero-order chi connectivity index (χ0) is 12.3. The molecular formula is C8H17N3O4S. The molecule has 1 aliphatic heterocycles. The van der Waals surface area contributed by atoms with Crippen molar-refractivity contribution >= 4 is 15.9 Å². The van der Waals surface area contributed by atoms with Crippen molar-refractivity contribution in [2.45, 2.75) is 5.37 Å². The minimum absolute atomic E-state index is 0.256. The van der Waals surface area contributed by atoms with E-state index in [0.717, 1.165) is 6.26 Å². The number of amides is 1. The first-order chi connectivity index (χ1) is 7.30. The number of carbonyl (C=O) groups is 1. The van der Waals surface area contributed by atoms with Crippen molar-refractivity contribution in [3.8, 4) is 0 Å². The molecule has 1 fully saturated rings. The normalized spacial score (nSPS) is 20.8. The smallest absolute Gasteiger partial charge is 0.407 e. The number of nitrogens with zero attached hydrogens (tertiary/aromatic N) is 2. The van der Waals surface area contributed by atoms with Crippen molar-refractivity contribution < 1.29 is 18.3 Å². The zero-order valence-corrected chi connectivity index (χ0v) is 9.98. The third kappa shape index (κ3) is 3.62. The lowest BCUT2D eigenvalue weighted by Gasteiger charge is -2.33. The Morgan fingerprint density at radius 1 is 1.38 bits per heavy atom. The molecule has 1 unspecified atom stereocenters. The van der Waals surface area contributed by atoms with Crippen molar-refractivity contribution in [3.63, 3.8) is 0 Å². The fourth-order valence-corrected chi connectivity index (χ4v) is 1.99. The molecule has 1 rings (SSSR count). The number of carboxylic acid groups (broad SMARTS) is 1. The second-order valence-corrected chi connectivity index (χ2v) is 6.20. The minimum Gasteiger partial charge on any atom is -0.465 e. The van der Waals surface area contributed by atoms with E-state index in [-0.39, 0.29) is 6.54 Å². The van der Waals surface area contributed by atoms with Crippen LogP contribution in [0.15, 0.2) is 0 Å². The largest absolute Gasteiger partial charge is 0.465 e. The van der Waals surface area contributed by atoms with Crippen molar-refractivity contribution in [1.82, 2.24) is 9.80 Å². The molecule has 1 aliphatic rings. The average molecular weight is 251 g/mol. The number of rotatable bonds is 3. The summed E-state index contributed by atoms with van der Waals surface area (Å²) in [5.74, 6) is 0. The maximum Gasteiger partial charge on any atom is 0.407 e. The predicted molar refractivity (Wildman–Crippen MR) is 58.9 cm³/mol. The quantitative estimate of drug-likeness (QED) is 0.640. The minimum atomic E-state index is -3.23. The van der Waals surface area contributed by atoms with Gasteiger partial charge in [-0.1, -0.05) is 0 Å². The Labute approximate surface area is 94.7 Å². The van der Waals surface area contributed by atoms with Crippen LogP contribution in [0.2, 0.25) is 0 Å². The van der Waals surface area contributed by atoms with Gasteiger partial charge in [0.05, 0.1) is 0 Å². The molecule has 0 aromatic heterocycles. The first-order valence-electron chi connectivity index (χ1n) is 4.95. The van der Waals surface area contributed by atoms with Crippen LogP contribution in [-0.2, 0) is 9.84 Å². The Morgan fingerprint density at radius 2 is 1.88 bits per heavy atom. The molecule has 1 saturated heterocycles. The molecular weight excluding hydrogens is 234 g/mol. The number of hydrogen-bond donors (Lipinski definition) is 2. The Morgan fingerprint density at radius 3 is 2.25 bits per heavy atom. The lowest BCUT2D eigenvalue weighted by Crippen LogP contribution is -2.52. The van der Waals surface area contributed by atoms with E-state index < -0.39 is 21.3 Å². The summed E-state index contributed by atoms with van der Waals surface area (Å²) in [6.45, 7) is 2.09. The summed E-state index contributed by atoms with van der Waals surface area (Å²) in [6.07, 6.45) is 0.164. The third-order valence-corrected chi connectivity index (χ3v) is 3.88. The summed E-state index contributed by atoms with van der Waals surface area (Å²) in [4.78, 5) is 13.8. The Hall–Kier alpha value is -0.860. The highest BCUT2D eigenvalue weighted by Crippen LogP contribution is 2.04. The zero-order valence-electron chi connectivity index (χ0n) is 9.16. The molecule has 0 saturated carbocycles. The van der Waals surface area contributed by atoms with Gasteiger partial charge < -0.3 is 15.7 Å². The maximum absolute atomic E-state index is 11.1. The Balaban J connectivity index is 2.41. The monoisotopic (exact) mass is 251 g/mol. The fourth-order valence-electron chi connectivity index (χ4n) is 1.51. The number of nitrogens with two attached hydrogens (primary N) is 1. The topological polar surface area (TPSA) is 104 Å². The van der Waals surface area contributed by atoms with Crippen LogP contribution in [0.25, 0.3) is 0 Å². The van der Waals surface area contributed by atoms with Gasteiger partial charge >= 0.3 is 6.09 Å². The van der Waals surface area contributed by atoms with Gasteiger partial charge in [-0.2, -0.15) is 0 Å². The van der Waals surface area contributed by atoms with Crippen molar-refractivity contribution in [2.75, 3.05) is 39.0 Å². The summed E-state index contributed by atoms with van der Waals surface area (Å²) < 4.78 is 22.2. The summed E-state index contributed by atoms with van der Waals surface area (Å²) in [5, 5.41) is 7.82. The van der Waals surface area contributed by atoms with E-state index in [4.69, 9.17) is 10.8 Å². The molecule has 0 spiro atoms. The molecule has 8 heteroatoms. The van der Waals surface area contributed by atoms with Gasteiger partial charge in [0.25, 0.3) is 0 Å². The molecule has 94 valence electrons. The van der Waals surface area contributed by atoms with Crippen LogP contribution in [0, 0.1) is 0 Å². The third-order valence-electron chi connectivity index (χ3n) is 2.63. The van der Waals surface area contributed by atoms with E-state index in [2.05, 4.69) is 0 Å². The molecule has 0 radical (unpaired) electrons. The van der Waals surface area contributed by atoms with E-state index in [9.17, 15) is 13.2 Å². The highest BCUT2D eigenvalue weighted by Gasteiger charge is 2.24. The van der Waals surface area contributed by atoms with Crippen LogP contribution in [0.1, 0.15) is 0 Å². The standard InChI is InChI=1S/C8H17N3O4S/c1-16(14,15)7(9)6-10-2-4-11(5-3-10)8(12)13/h7H,2-6,9H2,1H3,(H,12,13). The van der Waals surface area contributed by atoms with Crippen LogP contribution in [0.5, 0.6) is 0 Å². The molecule has 7 nitrogen and oxygen atoms in total. The van der Waals surface area contributed by atoms with Gasteiger partial charge in [-0.3, -0.25) is 4.90 Å². The molecule has 0 aromatic rings. The van der Waals surface area contributed by atoms with E-state index >= 15 is 0 Å². The molecule has 1 atom stereocenters. The summed E-state index contributed by atoms with van der Waals surface area (Å²) in [7, 11) is -3.23. The van der Waals surface area contributed by atoms with Crippen LogP contribution in [-0.4, -0.2) is 73.8 Å². The first kappa shape index (κ1) is 13.2. The van der Waals surface area contributed by atoms with Crippen molar-refractivity contribution in [2.24, 2.45) is 5.73 Å². The SMILES string of the molecule is CS(=O)(=O)C(N)CN1CCN(C(=O)O)CC1. The number of piperazine rings is 1. The van der Waals surface area contributed by atoms with Gasteiger partial charge in [-0.05, 0) is 0 Å². The number of hydrogen-bond acceptors (Lipinski definition) is 5. The van der Waals surface area contributed by atoms with Gasteiger partial charge in [0.1, 0.15) is 5.37 Å². The second kappa shape index (κ2) is 4.98. The molecule has 1 heterocycles. The van der Waals surface area contributed by atoms with Crippen LogP contribution in [0.4, 0.5) is 4.79 Å². The van der Waals surface area contributed by atoms with E-state index in [1.54, 1.807) is 0 Å². The van der Waals surface area contributed by atoms with E-state index in [1.165, 1.54) is 4.90 Å². The predicted octanol–water partition coefficient (Wildman–Crippen LogP) is -1.39. The summed E-state index contributed by atoms with van der Waals surface area (Å²) >= 11 is 0. The molecule has 16 heavy (non-hydrogen) atoms. The maximum atomic E-state index is 11.1. The van der Waals surface area contributed by atoms with Crippen molar-refractivity contribution in [3.05, 3.63) is 0 Å². The highest BCUT2D eigenvalue weighted by molar-refractivity contribution is 7.91. The van der Waals surface area contributed by atoms with Crippen LogP contribution < -0.4 is 5.73 Å². The van der Waals surface area contributed by atoms with Crippen LogP contribution >= 0.6 is 0 Å². The molecule has 0 aromatic carbocycles. The van der Waals surface area contributed by atoms with E-state index in [0.29, 0.717) is 26.2 Å². The first-order valence-corrected chi connectivity index (χ1v) is 6.91. The van der Waals surface area contributed by atoms with Crippen molar-refractivity contribution in [1.29, 1.82) is 0 Å². The molecule has 1 amide bonds. The molecule has 0 aliphatic carbocycles. The lowest BCUT2D eigenvalue weighted by atomic mass is 10.3. The van der Waals surface area contributed by atoms with E-state index in [1.807, 2.05) is 4.90 Å². The van der Waals surface area contributed by atoms with Gasteiger partial charge in [0.2, 0.25) is 0 Å². The average Bonchev–Trinajstić information content (AvgIpc) is 2.17. The molecule has 0 bridgehead atoms. The van der Waals surface area contributed by atoms with Crippen LogP contribution in [0.3, 0.4) is 0 Å². The Bertz CT molecular complexity index is 348. The Kier molecular flexibility index (Phi) is 4.11. The second-order valence-electron chi connectivity index (χ2n) is 3.94. The van der Waals surface area contributed by atoms with Gasteiger partial charge in [-0.15, -0.1) is 0 Å².